The summed E-state index contributed by atoms with van der Waals surface area (Å²) in [6.45, 7) is 2.75. The molecule has 0 saturated carbocycles. The summed E-state index contributed by atoms with van der Waals surface area (Å²) in [5.74, 6) is 1.82. The fraction of sp³-hybridized carbons (Fsp3) is 0.364. The van der Waals surface area contributed by atoms with E-state index in [0.717, 1.165) is 52.0 Å². The van der Waals surface area contributed by atoms with Gasteiger partial charge in [0.05, 0.1) is 21.3 Å². The summed E-state index contributed by atoms with van der Waals surface area (Å²) in [6, 6.07) is 7.94. The minimum absolute atomic E-state index is 0.578. The Labute approximate surface area is 170 Å². The number of nitrogens with two attached hydrogens (primary N) is 1. The predicted octanol–water partition coefficient (Wildman–Crippen LogP) is 5.10. The molecule has 0 bridgehead atoms. The standard InChI is InChI=1S/C22H27ClN2O3/c1-13-9-15(23)12-17-16(7-5-6-8-24)21(25-20(13)17)14-10-18(26-2)22(28-4)19(11-14)27-3/h9-12,25H,5-8,24H2,1-4H3. The number of rotatable bonds is 8. The molecule has 150 valence electrons. The molecule has 5 nitrogen and oxygen atoms in total. The van der Waals surface area contributed by atoms with Gasteiger partial charge in [-0.2, -0.15) is 0 Å². The van der Waals surface area contributed by atoms with E-state index in [1.54, 1.807) is 21.3 Å². The maximum absolute atomic E-state index is 6.36. The number of unbranched alkanes of at least 4 members (excludes halogenated alkanes) is 1. The van der Waals surface area contributed by atoms with E-state index in [1.165, 1.54) is 5.56 Å². The first-order valence-electron chi connectivity index (χ1n) is 9.35. The van der Waals surface area contributed by atoms with Gasteiger partial charge in [-0.1, -0.05) is 11.6 Å². The molecule has 0 saturated heterocycles. The van der Waals surface area contributed by atoms with E-state index in [9.17, 15) is 0 Å². The lowest BCUT2D eigenvalue weighted by molar-refractivity contribution is 0.324. The number of fused-ring (bicyclic) bond motifs is 1. The molecule has 0 fully saturated rings. The average molecular weight is 403 g/mol. The number of halogens is 1. The number of aryl methyl sites for hydroxylation is 2. The van der Waals surface area contributed by atoms with E-state index < -0.39 is 0 Å². The Morgan fingerprint density at radius 3 is 2.21 bits per heavy atom. The van der Waals surface area contributed by atoms with Crippen LogP contribution in [0.2, 0.25) is 5.02 Å². The second-order valence-corrected chi connectivity index (χ2v) is 7.22. The Morgan fingerprint density at radius 1 is 0.964 bits per heavy atom. The van der Waals surface area contributed by atoms with Gasteiger partial charge in [-0.05, 0) is 68.1 Å². The normalized spacial score (nSPS) is 11.1. The largest absolute Gasteiger partial charge is 0.493 e. The van der Waals surface area contributed by atoms with Gasteiger partial charge in [-0.25, -0.2) is 0 Å². The van der Waals surface area contributed by atoms with Crippen LogP contribution in [0.15, 0.2) is 24.3 Å². The molecule has 3 N–H and O–H groups in total. The molecule has 6 heteroatoms. The Kier molecular flexibility index (Phi) is 6.37. The summed E-state index contributed by atoms with van der Waals surface area (Å²) < 4.78 is 16.5. The third kappa shape index (κ3) is 3.77. The smallest absolute Gasteiger partial charge is 0.203 e. The lowest BCUT2D eigenvalue weighted by Gasteiger charge is -2.14. The van der Waals surface area contributed by atoms with Crippen molar-refractivity contribution in [3.8, 4) is 28.5 Å². The number of H-pyrrole nitrogens is 1. The van der Waals surface area contributed by atoms with Crippen LogP contribution < -0.4 is 19.9 Å². The van der Waals surface area contributed by atoms with Gasteiger partial charge in [0.25, 0.3) is 0 Å². The molecule has 0 aliphatic heterocycles. The van der Waals surface area contributed by atoms with Crippen LogP contribution in [-0.4, -0.2) is 32.9 Å². The molecule has 0 aliphatic rings. The van der Waals surface area contributed by atoms with E-state index in [4.69, 9.17) is 31.5 Å². The van der Waals surface area contributed by atoms with Gasteiger partial charge < -0.3 is 24.9 Å². The molecule has 0 atom stereocenters. The molecule has 0 radical (unpaired) electrons. The second-order valence-electron chi connectivity index (χ2n) is 6.78. The summed E-state index contributed by atoms with van der Waals surface area (Å²) in [7, 11) is 4.85. The van der Waals surface area contributed by atoms with Crippen molar-refractivity contribution in [1.29, 1.82) is 0 Å². The molecule has 1 heterocycles. The minimum atomic E-state index is 0.578. The molecular formula is C22H27ClN2O3. The molecular weight excluding hydrogens is 376 g/mol. The summed E-state index contributed by atoms with van der Waals surface area (Å²) in [4.78, 5) is 3.60. The highest BCUT2D eigenvalue weighted by Crippen LogP contribution is 2.43. The van der Waals surface area contributed by atoms with Crippen molar-refractivity contribution in [3.63, 3.8) is 0 Å². The minimum Gasteiger partial charge on any atom is -0.493 e. The van der Waals surface area contributed by atoms with Crippen LogP contribution in [0.4, 0.5) is 0 Å². The van der Waals surface area contributed by atoms with Gasteiger partial charge >= 0.3 is 0 Å². The highest BCUT2D eigenvalue weighted by Gasteiger charge is 2.19. The van der Waals surface area contributed by atoms with Crippen molar-refractivity contribution in [3.05, 3.63) is 40.4 Å². The first kappa shape index (κ1) is 20.4. The zero-order valence-corrected chi connectivity index (χ0v) is 17.6. The zero-order chi connectivity index (χ0) is 20.3. The van der Waals surface area contributed by atoms with Gasteiger partial charge in [-0.15, -0.1) is 0 Å². The first-order valence-corrected chi connectivity index (χ1v) is 9.73. The maximum Gasteiger partial charge on any atom is 0.203 e. The van der Waals surface area contributed by atoms with Gasteiger partial charge in [0, 0.05) is 27.2 Å². The topological polar surface area (TPSA) is 69.5 Å². The lowest BCUT2D eigenvalue weighted by atomic mass is 9.99. The Bertz CT molecular complexity index is 957. The molecule has 0 unspecified atom stereocenters. The number of aromatic nitrogens is 1. The van der Waals surface area contributed by atoms with Crippen LogP contribution in [0.1, 0.15) is 24.0 Å². The second kappa shape index (κ2) is 8.76. The number of aromatic amines is 1. The van der Waals surface area contributed by atoms with Crippen molar-refractivity contribution in [2.24, 2.45) is 5.73 Å². The highest BCUT2D eigenvalue weighted by atomic mass is 35.5. The van der Waals surface area contributed by atoms with Crippen LogP contribution >= 0.6 is 11.6 Å². The predicted molar refractivity (Wildman–Crippen MR) is 115 cm³/mol. The summed E-state index contributed by atoms with van der Waals surface area (Å²) in [5.41, 5.74) is 11.2. The lowest BCUT2D eigenvalue weighted by Crippen LogP contribution is -2.00. The quantitative estimate of drug-likeness (QED) is 0.514. The Morgan fingerprint density at radius 2 is 1.64 bits per heavy atom. The molecule has 1 aromatic heterocycles. The third-order valence-corrected chi connectivity index (χ3v) is 5.23. The molecule has 3 rings (SSSR count). The van der Waals surface area contributed by atoms with Gasteiger partial charge in [-0.3, -0.25) is 0 Å². The monoisotopic (exact) mass is 402 g/mol. The molecule has 2 aromatic carbocycles. The Hall–Kier alpha value is -2.37. The van der Waals surface area contributed by atoms with E-state index >= 15 is 0 Å². The van der Waals surface area contributed by atoms with Crippen LogP contribution in [-0.2, 0) is 6.42 Å². The van der Waals surface area contributed by atoms with Crippen molar-refractivity contribution in [2.45, 2.75) is 26.2 Å². The maximum atomic E-state index is 6.36. The van der Waals surface area contributed by atoms with Crippen molar-refractivity contribution in [1.82, 2.24) is 4.98 Å². The fourth-order valence-electron chi connectivity index (χ4n) is 3.66. The van der Waals surface area contributed by atoms with E-state index in [-0.39, 0.29) is 0 Å². The van der Waals surface area contributed by atoms with E-state index in [1.807, 2.05) is 24.3 Å². The summed E-state index contributed by atoms with van der Waals surface area (Å²) in [5, 5.41) is 1.88. The third-order valence-electron chi connectivity index (χ3n) is 5.01. The number of hydrogen-bond acceptors (Lipinski definition) is 4. The number of benzene rings is 2. The molecule has 3 aromatic rings. The molecule has 0 amide bonds. The van der Waals surface area contributed by atoms with Crippen LogP contribution in [0.5, 0.6) is 17.2 Å². The summed E-state index contributed by atoms with van der Waals surface area (Å²) in [6.07, 6.45) is 2.89. The van der Waals surface area contributed by atoms with E-state index in [0.29, 0.717) is 23.8 Å². The average Bonchev–Trinajstić information content (AvgIpc) is 3.05. The molecule has 0 spiro atoms. The van der Waals surface area contributed by atoms with Crippen LogP contribution in [0.3, 0.4) is 0 Å². The fourth-order valence-corrected chi connectivity index (χ4v) is 3.93. The van der Waals surface area contributed by atoms with Crippen molar-refractivity contribution in [2.75, 3.05) is 27.9 Å². The van der Waals surface area contributed by atoms with Gasteiger partial charge in [0.1, 0.15) is 0 Å². The van der Waals surface area contributed by atoms with E-state index in [2.05, 4.69) is 11.9 Å². The van der Waals surface area contributed by atoms with Crippen molar-refractivity contribution >= 4 is 22.5 Å². The molecule has 0 aliphatic carbocycles. The number of ether oxygens (including phenoxy) is 3. The number of hydrogen-bond donors (Lipinski definition) is 2. The number of nitrogens with one attached hydrogen (secondary N) is 1. The number of methoxy groups -OCH3 is 3. The Balaban J connectivity index is 2.24. The SMILES string of the molecule is COc1cc(-c2[nH]c3c(C)cc(Cl)cc3c2CCCCN)cc(OC)c1OC. The van der Waals surface area contributed by atoms with Crippen molar-refractivity contribution < 1.29 is 14.2 Å². The molecule has 28 heavy (non-hydrogen) atoms. The first-order chi connectivity index (χ1) is 13.5. The zero-order valence-electron chi connectivity index (χ0n) is 16.8. The van der Waals surface area contributed by atoms with Gasteiger partial charge in [0.2, 0.25) is 5.75 Å². The van der Waals surface area contributed by atoms with Crippen LogP contribution in [0, 0.1) is 6.92 Å². The highest BCUT2D eigenvalue weighted by molar-refractivity contribution is 6.31. The van der Waals surface area contributed by atoms with Gasteiger partial charge in [0.15, 0.2) is 11.5 Å². The summed E-state index contributed by atoms with van der Waals surface area (Å²) >= 11 is 6.36. The van der Waals surface area contributed by atoms with Crippen LogP contribution in [0.25, 0.3) is 22.2 Å².